The highest BCUT2D eigenvalue weighted by molar-refractivity contribution is 5.99. The average molecular weight is 308 g/mol. The highest BCUT2D eigenvalue weighted by Gasteiger charge is 2.14. The van der Waals surface area contributed by atoms with Gasteiger partial charge in [0.1, 0.15) is 17.5 Å². The lowest BCUT2D eigenvalue weighted by Gasteiger charge is -2.08. The summed E-state index contributed by atoms with van der Waals surface area (Å²) in [4.78, 5) is 23.3. The maximum atomic E-state index is 13.4. The van der Waals surface area contributed by atoms with E-state index in [1.54, 1.807) is 0 Å². The number of anilines is 1. The standard InChI is InChI=1S/C15H11F3N2O2/c16-9-5-6-10(12(18)7-9)15(22)19-8-14(21)20-13-4-2-1-3-11(13)17/h1-7H,8H2,(H,19,22)(H,20,21). The summed E-state index contributed by atoms with van der Waals surface area (Å²) in [6, 6.07) is 7.98. The zero-order chi connectivity index (χ0) is 16.1. The zero-order valence-electron chi connectivity index (χ0n) is 11.2. The van der Waals surface area contributed by atoms with Gasteiger partial charge in [0.05, 0.1) is 17.8 Å². The lowest BCUT2D eigenvalue weighted by molar-refractivity contribution is -0.115. The van der Waals surface area contributed by atoms with Crippen molar-refractivity contribution in [1.82, 2.24) is 5.32 Å². The van der Waals surface area contributed by atoms with Crippen LogP contribution in [0, 0.1) is 17.5 Å². The maximum absolute atomic E-state index is 13.4. The summed E-state index contributed by atoms with van der Waals surface area (Å²) < 4.78 is 39.4. The molecular formula is C15H11F3N2O2. The van der Waals surface area contributed by atoms with Gasteiger partial charge in [-0.3, -0.25) is 9.59 Å². The fraction of sp³-hybridized carbons (Fsp3) is 0.0667. The van der Waals surface area contributed by atoms with E-state index in [0.717, 1.165) is 12.1 Å². The molecule has 0 radical (unpaired) electrons. The van der Waals surface area contributed by atoms with E-state index in [2.05, 4.69) is 10.6 Å². The van der Waals surface area contributed by atoms with Gasteiger partial charge in [-0.25, -0.2) is 13.2 Å². The summed E-state index contributed by atoms with van der Waals surface area (Å²) in [6.07, 6.45) is 0. The van der Waals surface area contributed by atoms with Crippen molar-refractivity contribution in [1.29, 1.82) is 0 Å². The largest absolute Gasteiger partial charge is 0.343 e. The predicted octanol–water partition coefficient (Wildman–Crippen LogP) is 2.47. The van der Waals surface area contributed by atoms with Gasteiger partial charge in [0.25, 0.3) is 5.91 Å². The van der Waals surface area contributed by atoms with Crippen LogP contribution in [0.2, 0.25) is 0 Å². The summed E-state index contributed by atoms with van der Waals surface area (Å²) in [5, 5.41) is 4.42. The van der Waals surface area contributed by atoms with Gasteiger partial charge in [-0.15, -0.1) is 0 Å². The maximum Gasteiger partial charge on any atom is 0.254 e. The third kappa shape index (κ3) is 3.85. The van der Waals surface area contributed by atoms with Crippen LogP contribution < -0.4 is 10.6 Å². The molecule has 0 heterocycles. The summed E-state index contributed by atoms with van der Waals surface area (Å²) in [5.74, 6) is -4.02. The SMILES string of the molecule is O=C(CNC(=O)c1ccc(F)cc1F)Nc1ccccc1F. The van der Waals surface area contributed by atoms with E-state index in [0.29, 0.717) is 6.07 Å². The molecule has 0 spiro atoms. The number of para-hydroxylation sites is 1. The Labute approximate surface area is 124 Å². The number of benzene rings is 2. The van der Waals surface area contributed by atoms with Crippen LogP contribution in [0.25, 0.3) is 0 Å². The van der Waals surface area contributed by atoms with Crippen molar-refractivity contribution in [3.8, 4) is 0 Å². The Hall–Kier alpha value is -2.83. The van der Waals surface area contributed by atoms with Gasteiger partial charge in [0.2, 0.25) is 5.91 Å². The molecule has 22 heavy (non-hydrogen) atoms. The van der Waals surface area contributed by atoms with Crippen LogP contribution >= 0.6 is 0 Å². The molecule has 7 heteroatoms. The first kappa shape index (κ1) is 15.6. The Balaban J connectivity index is 1.93. The van der Waals surface area contributed by atoms with Gasteiger partial charge in [0, 0.05) is 6.07 Å². The highest BCUT2D eigenvalue weighted by atomic mass is 19.1. The molecule has 0 atom stereocenters. The molecule has 0 fully saturated rings. The second kappa shape index (κ2) is 6.75. The van der Waals surface area contributed by atoms with Crippen LogP contribution in [0.3, 0.4) is 0 Å². The third-order valence-electron chi connectivity index (χ3n) is 2.73. The van der Waals surface area contributed by atoms with E-state index in [1.807, 2.05) is 0 Å². The van der Waals surface area contributed by atoms with Crippen molar-refractivity contribution in [2.24, 2.45) is 0 Å². The molecule has 0 aromatic heterocycles. The molecule has 2 aromatic rings. The van der Waals surface area contributed by atoms with Crippen molar-refractivity contribution in [2.75, 3.05) is 11.9 Å². The van der Waals surface area contributed by atoms with E-state index in [9.17, 15) is 22.8 Å². The number of carbonyl (C=O) groups is 2. The van der Waals surface area contributed by atoms with E-state index in [1.165, 1.54) is 24.3 Å². The first-order valence-electron chi connectivity index (χ1n) is 6.25. The summed E-state index contributed by atoms with van der Waals surface area (Å²) in [5.41, 5.74) is -0.421. The van der Waals surface area contributed by atoms with Crippen LogP contribution in [-0.4, -0.2) is 18.4 Å². The third-order valence-corrected chi connectivity index (χ3v) is 2.73. The molecule has 2 aromatic carbocycles. The van der Waals surface area contributed by atoms with E-state index in [-0.39, 0.29) is 11.3 Å². The molecule has 2 rings (SSSR count). The lowest BCUT2D eigenvalue weighted by Crippen LogP contribution is -2.33. The molecule has 0 unspecified atom stereocenters. The minimum atomic E-state index is -1.04. The molecule has 2 amide bonds. The van der Waals surface area contributed by atoms with Gasteiger partial charge >= 0.3 is 0 Å². The Bertz CT molecular complexity index is 720. The summed E-state index contributed by atoms with van der Waals surface area (Å²) in [7, 11) is 0. The van der Waals surface area contributed by atoms with Gasteiger partial charge in [-0.2, -0.15) is 0 Å². The summed E-state index contributed by atoms with van der Waals surface area (Å²) in [6.45, 7) is -0.482. The van der Waals surface area contributed by atoms with E-state index < -0.39 is 35.8 Å². The molecular weight excluding hydrogens is 297 g/mol. The molecule has 4 nitrogen and oxygen atoms in total. The zero-order valence-corrected chi connectivity index (χ0v) is 11.2. The fourth-order valence-corrected chi connectivity index (χ4v) is 1.69. The fourth-order valence-electron chi connectivity index (χ4n) is 1.69. The second-order valence-electron chi connectivity index (χ2n) is 4.33. The molecule has 114 valence electrons. The predicted molar refractivity (Wildman–Crippen MR) is 73.7 cm³/mol. The number of hydrogen-bond acceptors (Lipinski definition) is 2. The highest BCUT2D eigenvalue weighted by Crippen LogP contribution is 2.12. The van der Waals surface area contributed by atoms with Gasteiger partial charge in [-0.05, 0) is 24.3 Å². The molecule has 0 saturated heterocycles. The molecule has 0 bridgehead atoms. The monoisotopic (exact) mass is 308 g/mol. The molecule has 0 aliphatic rings. The number of hydrogen-bond donors (Lipinski definition) is 2. The Kier molecular flexibility index (Phi) is 4.77. The van der Waals surface area contributed by atoms with Gasteiger partial charge in [0.15, 0.2) is 0 Å². The van der Waals surface area contributed by atoms with Crippen molar-refractivity contribution in [3.63, 3.8) is 0 Å². The topological polar surface area (TPSA) is 58.2 Å². The van der Waals surface area contributed by atoms with Crippen LogP contribution in [0.5, 0.6) is 0 Å². The average Bonchev–Trinajstić information content (AvgIpc) is 2.47. The number of amides is 2. The minimum Gasteiger partial charge on any atom is -0.343 e. The van der Waals surface area contributed by atoms with Crippen molar-refractivity contribution in [2.45, 2.75) is 0 Å². The lowest BCUT2D eigenvalue weighted by atomic mass is 10.2. The minimum absolute atomic E-state index is 0.0327. The van der Waals surface area contributed by atoms with Crippen molar-refractivity contribution < 1.29 is 22.8 Å². The van der Waals surface area contributed by atoms with E-state index in [4.69, 9.17) is 0 Å². The Morgan fingerprint density at radius 3 is 2.36 bits per heavy atom. The van der Waals surface area contributed by atoms with E-state index >= 15 is 0 Å². The molecule has 2 N–H and O–H groups in total. The van der Waals surface area contributed by atoms with Crippen LogP contribution in [0.15, 0.2) is 42.5 Å². The molecule has 0 aliphatic carbocycles. The van der Waals surface area contributed by atoms with Crippen LogP contribution in [-0.2, 0) is 4.79 Å². The Morgan fingerprint density at radius 1 is 0.955 bits per heavy atom. The van der Waals surface area contributed by atoms with Gasteiger partial charge < -0.3 is 10.6 Å². The number of carbonyl (C=O) groups excluding carboxylic acids is 2. The quantitative estimate of drug-likeness (QED) is 0.911. The normalized spacial score (nSPS) is 10.1. The van der Waals surface area contributed by atoms with Gasteiger partial charge in [-0.1, -0.05) is 12.1 Å². The molecule has 0 saturated carbocycles. The first-order valence-corrected chi connectivity index (χ1v) is 6.25. The first-order chi connectivity index (χ1) is 10.5. The Morgan fingerprint density at radius 2 is 1.68 bits per heavy atom. The summed E-state index contributed by atoms with van der Waals surface area (Å²) >= 11 is 0. The van der Waals surface area contributed by atoms with Crippen LogP contribution in [0.1, 0.15) is 10.4 Å². The number of halogens is 3. The molecule has 0 aliphatic heterocycles. The smallest absolute Gasteiger partial charge is 0.254 e. The van der Waals surface area contributed by atoms with Crippen LogP contribution in [0.4, 0.5) is 18.9 Å². The van der Waals surface area contributed by atoms with Crippen molar-refractivity contribution in [3.05, 3.63) is 65.5 Å². The number of rotatable bonds is 4. The number of nitrogens with one attached hydrogen (secondary N) is 2. The van der Waals surface area contributed by atoms with Crippen molar-refractivity contribution >= 4 is 17.5 Å². The second-order valence-corrected chi connectivity index (χ2v) is 4.33.